The number of rotatable bonds is 3. The van der Waals surface area contributed by atoms with Gasteiger partial charge in [0, 0.05) is 0 Å². The van der Waals surface area contributed by atoms with E-state index in [1.165, 1.54) is 0 Å². The molecule has 0 bridgehead atoms. The topological polar surface area (TPSA) is 83.8 Å². The van der Waals surface area contributed by atoms with Crippen molar-refractivity contribution in [2.75, 3.05) is 13.1 Å². The van der Waals surface area contributed by atoms with E-state index in [4.69, 9.17) is 0 Å². The molecule has 2 N–H and O–H groups in total. The number of hydrogen-bond acceptors (Lipinski definition) is 4. The van der Waals surface area contributed by atoms with Crippen molar-refractivity contribution in [1.29, 1.82) is 0 Å². The Bertz CT molecular complexity index is 371. The van der Waals surface area contributed by atoms with Crippen LogP contribution < -0.4 is 5.32 Å². The molecule has 1 fully saturated rings. The molecule has 1 unspecified atom stereocenters. The van der Waals surface area contributed by atoms with Gasteiger partial charge in [0.1, 0.15) is 0 Å². The molecule has 1 aliphatic heterocycles. The number of nitro groups is 1. The van der Waals surface area contributed by atoms with E-state index < -0.39 is 0 Å². The molecule has 1 saturated heterocycles. The van der Waals surface area contributed by atoms with Crippen LogP contribution in [0.15, 0.2) is 6.20 Å². The third-order valence-corrected chi connectivity index (χ3v) is 3.41. The summed E-state index contributed by atoms with van der Waals surface area (Å²) in [7, 11) is 0. The molecule has 0 aromatic carbocycles. The summed E-state index contributed by atoms with van der Waals surface area (Å²) in [6.45, 7) is 4.05. The fourth-order valence-electron chi connectivity index (χ4n) is 2.37. The summed E-state index contributed by atoms with van der Waals surface area (Å²) < 4.78 is 0. The Labute approximate surface area is 93.6 Å². The first kappa shape index (κ1) is 11.1. The van der Waals surface area contributed by atoms with Gasteiger partial charge in [0.05, 0.1) is 11.8 Å². The van der Waals surface area contributed by atoms with Gasteiger partial charge in [0.15, 0.2) is 0 Å². The monoisotopic (exact) mass is 224 g/mol. The summed E-state index contributed by atoms with van der Waals surface area (Å²) >= 11 is 0. The quantitative estimate of drug-likeness (QED) is 0.600. The van der Waals surface area contributed by atoms with Crippen LogP contribution in [0.1, 0.15) is 31.2 Å². The Balaban J connectivity index is 2.15. The largest absolute Gasteiger partial charge is 0.358 e. The zero-order valence-corrected chi connectivity index (χ0v) is 9.27. The van der Waals surface area contributed by atoms with Crippen LogP contribution in [0.4, 0.5) is 5.82 Å². The molecule has 16 heavy (non-hydrogen) atoms. The molecular weight excluding hydrogens is 208 g/mol. The maximum absolute atomic E-state index is 10.8. The van der Waals surface area contributed by atoms with E-state index in [0.717, 1.165) is 31.5 Å². The van der Waals surface area contributed by atoms with Crippen molar-refractivity contribution in [3.63, 3.8) is 0 Å². The highest BCUT2D eigenvalue weighted by atomic mass is 16.6. The van der Waals surface area contributed by atoms with Gasteiger partial charge >= 0.3 is 5.82 Å². The predicted molar refractivity (Wildman–Crippen MR) is 59.3 cm³/mol. The van der Waals surface area contributed by atoms with Gasteiger partial charge in [-0.3, -0.25) is 0 Å². The van der Waals surface area contributed by atoms with Gasteiger partial charge in [-0.05, 0) is 42.7 Å². The first-order chi connectivity index (χ1) is 7.70. The molecule has 1 aliphatic rings. The Morgan fingerprint density at radius 2 is 2.25 bits per heavy atom. The molecule has 0 aliphatic carbocycles. The van der Waals surface area contributed by atoms with Gasteiger partial charge in [-0.2, -0.15) is 0 Å². The maximum atomic E-state index is 10.8. The standard InChI is InChI=1S/C10H16N4O2/c1-7(8-2-4-11-5-3-8)9-6-12-13-10(9)14(15)16/h6-8,11H,2-5H2,1H3,(H,12,13). The minimum Gasteiger partial charge on any atom is -0.358 e. The molecule has 2 heterocycles. The average Bonchev–Trinajstić information content (AvgIpc) is 2.78. The van der Waals surface area contributed by atoms with E-state index in [2.05, 4.69) is 15.5 Å². The summed E-state index contributed by atoms with van der Waals surface area (Å²) in [4.78, 5) is 10.4. The van der Waals surface area contributed by atoms with Gasteiger partial charge in [-0.1, -0.05) is 12.0 Å². The van der Waals surface area contributed by atoms with E-state index in [1.807, 2.05) is 6.92 Å². The van der Waals surface area contributed by atoms with Gasteiger partial charge in [-0.15, -0.1) is 5.10 Å². The summed E-state index contributed by atoms with van der Waals surface area (Å²) in [5, 5.41) is 20.3. The van der Waals surface area contributed by atoms with Crippen molar-refractivity contribution in [3.05, 3.63) is 21.9 Å². The zero-order valence-electron chi connectivity index (χ0n) is 9.27. The highest BCUT2D eigenvalue weighted by molar-refractivity contribution is 5.33. The van der Waals surface area contributed by atoms with Crippen LogP contribution in [0.3, 0.4) is 0 Å². The second-order valence-corrected chi connectivity index (χ2v) is 4.31. The van der Waals surface area contributed by atoms with E-state index >= 15 is 0 Å². The first-order valence-electron chi connectivity index (χ1n) is 5.58. The number of aromatic nitrogens is 2. The lowest BCUT2D eigenvalue weighted by Crippen LogP contribution is -2.30. The van der Waals surface area contributed by atoms with Crippen LogP contribution in [0.2, 0.25) is 0 Å². The third-order valence-electron chi connectivity index (χ3n) is 3.41. The van der Waals surface area contributed by atoms with Gasteiger partial charge < -0.3 is 15.4 Å². The fraction of sp³-hybridized carbons (Fsp3) is 0.700. The third kappa shape index (κ3) is 2.06. The van der Waals surface area contributed by atoms with Crippen LogP contribution in [0.25, 0.3) is 0 Å². The minimum absolute atomic E-state index is 0.0473. The molecule has 6 heteroatoms. The Hall–Kier alpha value is -1.43. The molecule has 0 amide bonds. The van der Waals surface area contributed by atoms with E-state index in [9.17, 15) is 10.1 Å². The first-order valence-corrected chi connectivity index (χ1v) is 5.58. The SMILES string of the molecule is CC(c1cn[nH]c1[N+](=O)[O-])C1CCNCC1. The Morgan fingerprint density at radius 3 is 2.88 bits per heavy atom. The van der Waals surface area contributed by atoms with Crippen molar-refractivity contribution in [2.24, 2.45) is 5.92 Å². The van der Waals surface area contributed by atoms with Crippen LogP contribution in [-0.4, -0.2) is 28.2 Å². The van der Waals surface area contributed by atoms with Gasteiger partial charge in [0.2, 0.25) is 0 Å². The van der Waals surface area contributed by atoms with Crippen molar-refractivity contribution < 1.29 is 4.92 Å². The van der Waals surface area contributed by atoms with Crippen molar-refractivity contribution in [3.8, 4) is 0 Å². The normalized spacial score (nSPS) is 19.6. The molecule has 88 valence electrons. The van der Waals surface area contributed by atoms with Gasteiger partial charge in [0.25, 0.3) is 0 Å². The number of nitrogens with zero attached hydrogens (tertiary/aromatic N) is 2. The molecule has 6 nitrogen and oxygen atoms in total. The predicted octanol–water partition coefficient (Wildman–Crippen LogP) is 1.42. The number of hydrogen-bond donors (Lipinski definition) is 2. The molecule has 0 saturated carbocycles. The lowest BCUT2D eigenvalue weighted by molar-refractivity contribution is -0.390. The highest BCUT2D eigenvalue weighted by Gasteiger charge is 2.27. The Morgan fingerprint density at radius 1 is 1.56 bits per heavy atom. The van der Waals surface area contributed by atoms with Crippen LogP contribution in [0, 0.1) is 16.0 Å². The number of nitrogens with one attached hydrogen (secondary N) is 2. The lowest BCUT2D eigenvalue weighted by atomic mass is 9.82. The zero-order chi connectivity index (χ0) is 11.5. The minimum atomic E-state index is -0.389. The van der Waals surface area contributed by atoms with Crippen molar-refractivity contribution in [2.45, 2.75) is 25.7 Å². The summed E-state index contributed by atoms with van der Waals surface area (Å²) in [5.41, 5.74) is 0.733. The molecule has 1 aromatic rings. The van der Waals surface area contributed by atoms with Crippen LogP contribution in [-0.2, 0) is 0 Å². The van der Waals surface area contributed by atoms with Crippen LogP contribution >= 0.6 is 0 Å². The lowest BCUT2D eigenvalue weighted by Gasteiger charge is -2.27. The summed E-state index contributed by atoms with van der Waals surface area (Å²) in [5.74, 6) is 0.754. The maximum Gasteiger partial charge on any atom is 0.346 e. The molecule has 0 spiro atoms. The summed E-state index contributed by atoms with van der Waals surface area (Å²) in [6.07, 6.45) is 3.73. The van der Waals surface area contributed by atoms with Crippen molar-refractivity contribution >= 4 is 5.82 Å². The molecule has 2 rings (SSSR count). The second kappa shape index (κ2) is 4.61. The van der Waals surface area contributed by atoms with E-state index in [0.29, 0.717) is 5.92 Å². The van der Waals surface area contributed by atoms with Crippen LogP contribution in [0.5, 0.6) is 0 Å². The second-order valence-electron chi connectivity index (χ2n) is 4.31. The number of aromatic amines is 1. The molecular formula is C10H16N4O2. The molecule has 1 atom stereocenters. The highest BCUT2D eigenvalue weighted by Crippen LogP contribution is 2.34. The molecule has 1 aromatic heterocycles. The number of H-pyrrole nitrogens is 1. The van der Waals surface area contributed by atoms with Gasteiger partial charge in [-0.25, -0.2) is 0 Å². The van der Waals surface area contributed by atoms with E-state index in [-0.39, 0.29) is 16.7 Å². The molecule has 0 radical (unpaired) electrons. The Kier molecular flexibility index (Phi) is 3.19. The summed E-state index contributed by atoms with van der Waals surface area (Å²) in [6, 6.07) is 0. The number of piperidine rings is 1. The smallest absolute Gasteiger partial charge is 0.346 e. The van der Waals surface area contributed by atoms with Crippen molar-refractivity contribution in [1.82, 2.24) is 15.5 Å². The van der Waals surface area contributed by atoms with E-state index in [1.54, 1.807) is 6.20 Å². The fourth-order valence-corrected chi connectivity index (χ4v) is 2.37. The average molecular weight is 224 g/mol.